The van der Waals surface area contributed by atoms with Gasteiger partial charge in [0.2, 0.25) is 0 Å². The maximum atomic E-state index is 13.0. The Morgan fingerprint density at radius 2 is 1.62 bits per heavy atom. The van der Waals surface area contributed by atoms with E-state index in [0.29, 0.717) is 24.1 Å². The van der Waals surface area contributed by atoms with Crippen LogP contribution in [0.2, 0.25) is 0 Å². The summed E-state index contributed by atoms with van der Waals surface area (Å²) < 4.78 is 11.7. The predicted molar refractivity (Wildman–Crippen MR) is 163 cm³/mol. The van der Waals surface area contributed by atoms with Crippen LogP contribution in [-0.4, -0.2) is 72.8 Å². The zero-order valence-electron chi connectivity index (χ0n) is 24.5. The van der Waals surface area contributed by atoms with Crippen LogP contribution in [0.25, 0.3) is 11.1 Å². The predicted octanol–water partition coefficient (Wildman–Crippen LogP) is 6.07. The van der Waals surface area contributed by atoms with E-state index in [1.54, 1.807) is 11.0 Å². The van der Waals surface area contributed by atoms with E-state index in [4.69, 9.17) is 9.15 Å². The summed E-state index contributed by atoms with van der Waals surface area (Å²) in [5, 5.41) is 12.3. The summed E-state index contributed by atoms with van der Waals surface area (Å²) in [6.45, 7) is 3.26. The number of hydrogen-bond acceptors (Lipinski definition) is 6. The van der Waals surface area contributed by atoms with Crippen LogP contribution in [0, 0.1) is 11.8 Å². The van der Waals surface area contributed by atoms with Gasteiger partial charge >= 0.3 is 6.09 Å². The molecular weight excluding hydrogens is 530 g/mol. The number of aliphatic hydroxyl groups is 1. The first-order valence-corrected chi connectivity index (χ1v) is 15.3. The lowest BCUT2D eigenvalue weighted by Gasteiger charge is -2.32. The minimum absolute atomic E-state index is 0.101. The molecule has 0 radical (unpaired) electrons. The molecule has 0 bridgehead atoms. The molecule has 1 aromatic heterocycles. The highest BCUT2D eigenvalue weighted by Gasteiger charge is 2.25. The van der Waals surface area contributed by atoms with Crippen LogP contribution in [0.1, 0.15) is 54.8 Å². The van der Waals surface area contributed by atoms with Gasteiger partial charge in [0.05, 0.1) is 5.69 Å². The van der Waals surface area contributed by atoms with E-state index >= 15 is 0 Å². The van der Waals surface area contributed by atoms with Crippen LogP contribution < -0.4 is 5.32 Å². The molecule has 8 nitrogen and oxygen atoms in total. The molecule has 224 valence electrons. The van der Waals surface area contributed by atoms with Crippen molar-refractivity contribution in [3.63, 3.8) is 0 Å². The SMILES string of the molecule is CN(CCN1CCC(OC(=O)Nc2ccccc2-c2ccccc2)CC1)C(=O)c1ccc(CC2CCC(CO)CC2)o1. The second-order valence-corrected chi connectivity index (χ2v) is 11.7. The molecule has 2 heterocycles. The summed E-state index contributed by atoms with van der Waals surface area (Å²) in [5.41, 5.74) is 2.72. The zero-order valence-corrected chi connectivity index (χ0v) is 24.5. The molecule has 1 aliphatic carbocycles. The average Bonchev–Trinajstić information content (AvgIpc) is 3.49. The van der Waals surface area contributed by atoms with Crippen molar-refractivity contribution in [1.29, 1.82) is 0 Å². The number of nitrogens with one attached hydrogen (secondary N) is 1. The number of furan rings is 1. The fraction of sp³-hybridized carbons (Fsp3) is 0.471. The smallest absolute Gasteiger partial charge is 0.411 e. The molecule has 2 aromatic carbocycles. The fourth-order valence-corrected chi connectivity index (χ4v) is 6.09. The molecule has 2 amide bonds. The van der Waals surface area contributed by atoms with E-state index in [1.165, 1.54) is 0 Å². The van der Waals surface area contributed by atoms with Gasteiger partial charge in [-0.1, -0.05) is 48.5 Å². The molecule has 42 heavy (non-hydrogen) atoms. The van der Waals surface area contributed by atoms with Gasteiger partial charge < -0.3 is 24.1 Å². The lowest BCUT2D eigenvalue weighted by Crippen LogP contribution is -2.42. The Morgan fingerprint density at radius 3 is 2.36 bits per heavy atom. The van der Waals surface area contributed by atoms with Gasteiger partial charge in [-0.2, -0.15) is 0 Å². The van der Waals surface area contributed by atoms with Crippen LogP contribution in [0.5, 0.6) is 0 Å². The molecule has 3 aromatic rings. The number of aliphatic hydroxyl groups excluding tert-OH is 1. The number of amides is 2. The second kappa shape index (κ2) is 14.5. The van der Waals surface area contributed by atoms with Crippen LogP contribution in [0.4, 0.5) is 10.5 Å². The number of likely N-dealkylation sites (tertiary alicyclic amines) is 1. The van der Waals surface area contributed by atoms with E-state index < -0.39 is 6.09 Å². The van der Waals surface area contributed by atoms with Crippen molar-refractivity contribution < 1.29 is 23.8 Å². The van der Waals surface area contributed by atoms with E-state index in [0.717, 1.165) is 87.2 Å². The number of ether oxygens (including phenoxy) is 1. The maximum Gasteiger partial charge on any atom is 0.411 e. The lowest BCUT2D eigenvalue weighted by atomic mass is 9.80. The van der Waals surface area contributed by atoms with Gasteiger partial charge in [-0.15, -0.1) is 0 Å². The normalized spacial score (nSPS) is 19.8. The first-order valence-electron chi connectivity index (χ1n) is 15.3. The number of nitrogens with zero attached hydrogens (tertiary/aromatic N) is 2. The number of benzene rings is 2. The van der Waals surface area contributed by atoms with E-state index in [2.05, 4.69) is 10.2 Å². The Bertz CT molecular complexity index is 1290. The Morgan fingerprint density at radius 1 is 0.929 bits per heavy atom. The second-order valence-electron chi connectivity index (χ2n) is 11.7. The summed E-state index contributed by atoms with van der Waals surface area (Å²) in [6, 6.07) is 21.4. The van der Waals surface area contributed by atoms with Gasteiger partial charge in [0.15, 0.2) is 5.76 Å². The van der Waals surface area contributed by atoms with Gasteiger partial charge in [0.1, 0.15) is 11.9 Å². The lowest BCUT2D eigenvalue weighted by molar-refractivity contribution is 0.0534. The third-order valence-corrected chi connectivity index (χ3v) is 8.74. The monoisotopic (exact) mass is 573 g/mol. The summed E-state index contributed by atoms with van der Waals surface area (Å²) in [7, 11) is 1.81. The third kappa shape index (κ3) is 8.01. The van der Waals surface area contributed by atoms with Crippen molar-refractivity contribution in [2.45, 2.75) is 51.0 Å². The Balaban J connectivity index is 1.02. The van der Waals surface area contributed by atoms with Crippen LogP contribution in [-0.2, 0) is 11.2 Å². The number of para-hydroxylation sites is 1. The van der Waals surface area contributed by atoms with Crippen molar-refractivity contribution in [1.82, 2.24) is 9.80 Å². The summed E-state index contributed by atoms with van der Waals surface area (Å²) >= 11 is 0. The van der Waals surface area contributed by atoms with Crippen LogP contribution in [0.15, 0.2) is 71.1 Å². The van der Waals surface area contributed by atoms with E-state index in [-0.39, 0.29) is 18.6 Å². The molecule has 1 aliphatic heterocycles. The number of rotatable bonds is 10. The number of hydrogen-bond donors (Lipinski definition) is 2. The Kier molecular flexibility index (Phi) is 10.3. The first-order chi connectivity index (χ1) is 20.5. The summed E-state index contributed by atoms with van der Waals surface area (Å²) in [6.07, 6.45) is 6.13. The quantitative estimate of drug-likeness (QED) is 0.306. The number of piperidine rings is 1. The van der Waals surface area contributed by atoms with Crippen molar-refractivity contribution in [3.8, 4) is 11.1 Å². The average molecular weight is 574 g/mol. The van der Waals surface area contributed by atoms with Gasteiger partial charge in [0, 0.05) is 51.8 Å². The van der Waals surface area contributed by atoms with Gasteiger partial charge in [-0.3, -0.25) is 10.1 Å². The molecular formula is C34H43N3O5. The highest BCUT2D eigenvalue weighted by atomic mass is 16.6. The first kappa shape index (κ1) is 29.9. The molecule has 8 heteroatoms. The van der Waals surface area contributed by atoms with Crippen molar-refractivity contribution in [2.24, 2.45) is 11.8 Å². The number of anilines is 1. The van der Waals surface area contributed by atoms with Gasteiger partial charge in [-0.05, 0) is 74.1 Å². The molecule has 2 N–H and O–H groups in total. The molecule has 2 fully saturated rings. The molecule has 0 unspecified atom stereocenters. The maximum absolute atomic E-state index is 13.0. The van der Waals surface area contributed by atoms with Crippen molar-refractivity contribution in [2.75, 3.05) is 45.2 Å². The minimum atomic E-state index is -0.433. The third-order valence-electron chi connectivity index (χ3n) is 8.74. The number of likely N-dealkylation sites (N-methyl/N-ethyl adjacent to an activating group) is 1. The van der Waals surface area contributed by atoms with E-state index in [9.17, 15) is 14.7 Å². The molecule has 0 spiro atoms. The molecule has 1 saturated carbocycles. The molecule has 5 rings (SSSR count). The van der Waals surface area contributed by atoms with Crippen LogP contribution in [0.3, 0.4) is 0 Å². The number of carbonyl (C=O) groups is 2. The Hall–Kier alpha value is -3.62. The van der Waals surface area contributed by atoms with Crippen molar-refractivity contribution >= 4 is 17.7 Å². The van der Waals surface area contributed by atoms with Gasteiger partial charge in [-0.25, -0.2) is 4.79 Å². The summed E-state index contributed by atoms with van der Waals surface area (Å²) in [5.74, 6) is 2.16. The zero-order chi connectivity index (χ0) is 29.3. The largest absolute Gasteiger partial charge is 0.456 e. The van der Waals surface area contributed by atoms with Crippen molar-refractivity contribution in [3.05, 3.63) is 78.3 Å². The summed E-state index contributed by atoms with van der Waals surface area (Å²) in [4.78, 5) is 29.7. The number of carbonyl (C=O) groups excluding carboxylic acids is 2. The Labute approximate surface area is 248 Å². The molecule has 1 saturated heterocycles. The highest BCUT2D eigenvalue weighted by Crippen LogP contribution is 2.31. The molecule has 2 aliphatic rings. The topological polar surface area (TPSA) is 95.2 Å². The molecule has 0 atom stereocenters. The fourth-order valence-electron chi connectivity index (χ4n) is 6.09. The minimum Gasteiger partial charge on any atom is -0.456 e. The van der Waals surface area contributed by atoms with Gasteiger partial charge in [0.25, 0.3) is 5.91 Å². The highest BCUT2D eigenvalue weighted by molar-refractivity contribution is 5.92. The van der Waals surface area contributed by atoms with E-state index in [1.807, 2.05) is 67.7 Å². The standard InChI is InChI=1S/C34H43N3O5/c1-36(33(39)32-16-15-29(41-32)23-25-11-13-26(24-38)14-12-25)21-22-37-19-17-28(18-20-37)42-34(40)35-31-10-6-5-9-30(31)27-7-3-2-4-8-27/h2-10,15-16,25-26,28,38H,11-14,17-24H2,1H3,(H,35,40). The van der Waals surface area contributed by atoms with Crippen LogP contribution >= 0.6 is 0 Å².